The van der Waals surface area contributed by atoms with Gasteiger partial charge in [0.1, 0.15) is 5.82 Å². The van der Waals surface area contributed by atoms with Gasteiger partial charge >= 0.3 is 5.97 Å². The second-order valence-electron chi connectivity index (χ2n) is 4.70. The third-order valence-corrected chi connectivity index (χ3v) is 3.05. The maximum Gasteiger partial charge on any atom is 0.354 e. The molecule has 17 heavy (non-hydrogen) atoms. The van der Waals surface area contributed by atoms with Crippen molar-refractivity contribution >= 4 is 11.8 Å². The van der Waals surface area contributed by atoms with Crippen molar-refractivity contribution in [3.05, 3.63) is 23.9 Å². The normalized spacial score (nSPS) is 18.5. The zero-order chi connectivity index (χ0) is 12.5. The van der Waals surface area contributed by atoms with E-state index < -0.39 is 11.6 Å². The average Bonchev–Trinajstić information content (AvgIpc) is 3.11. The van der Waals surface area contributed by atoms with Crippen LogP contribution in [0.2, 0.25) is 0 Å². The summed E-state index contributed by atoms with van der Waals surface area (Å²) in [7, 11) is 0. The van der Waals surface area contributed by atoms with E-state index in [0.29, 0.717) is 18.3 Å². The Bertz CT molecular complexity index is 428. The van der Waals surface area contributed by atoms with E-state index in [-0.39, 0.29) is 5.69 Å². The van der Waals surface area contributed by atoms with Crippen LogP contribution in [-0.4, -0.2) is 33.3 Å². The molecule has 1 fully saturated rings. The minimum atomic E-state index is -1.05. The number of carboxylic acids is 1. The van der Waals surface area contributed by atoms with Crippen LogP contribution in [0.25, 0.3) is 0 Å². The van der Waals surface area contributed by atoms with Gasteiger partial charge in [-0.05, 0) is 37.8 Å². The number of nitrogens with one attached hydrogen (secondary N) is 1. The predicted octanol–water partition coefficient (Wildman–Crippen LogP) is 1.35. The van der Waals surface area contributed by atoms with E-state index in [2.05, 4.69) is 10.3 Å². The molecule has 0 radical (unpaired) electrons. The SMILES string of the molecule is CC(O)(CNc1cccc(C(=O)O)n1)C1CC1. The molecule has 5 nitrogen and oxygen atoms in total. The largest absolute Gasteiger partial charge is 0.477 e. The van der Waals surface area contributed by atoms with Crippen LogP contribution in [-0.2, 0) is 0 Å². The van der Waals surface area contributed by atoms with E-state index in [1.54, 1.807) is 19.1 Å². The minimum absolute atomic E-state index is 0.000986. The molecular weight excluding hydrogens is 220 g/mol. The molecular formula is C12H16N2O3. The summed E-state index contributed by atoms with van der Waals surface area (Å²) in [6.45, 7) is 2.17. The monoisotopic (exact) mass is 236 g/mol. The van der Waals surface area contributed by atoms with E-state index in [4.69, 9.17) is 5.11 Å². The van der Waals surface area contributed by atoms with E-state index in [9.17, 15) is 9.90 Å². The van der Waals surface area contributed by atoms with Gasteiger partial charge in [-0.2, -0.15) is 0 Å². The average molecular weight is 236 g/mol. The number of hydrogen-bond donors (Lipinski definition) is 3. The van der Waals surface area contributed by atoms with Crippen molar-refractivity contribution in [2.75, 3.05) is 11.9 Å². The van der Waals surface area contributed by atoms with Gasteiger partial charge in [-0.25, -0.2) is 9.78 Å². The van der Waals surface area contributed by atoms with Crippen molar-refractivity contribution < 1.29 is 15.0 Å². The van der Waals surface area contributed by atoms with Crippen molar-refractivity contribution in [2.45, 2.75) is 25.4 Å². The highest BCUT2D eigenvalue weighted by Crippen LogP contribution is 2.39. The first-order valence-electron chi connectivity index (χ1n) is 5.65. The van der Waals surface area contributed by atoms with Crippen LogP contribution in [0.15, 0.2) is 18.2 Å². The maximum absolute atomic E-state index is 10.7. The number of carboxylic acid groups (broad SMARTS) is 1. The first-order chi connectivity index (χ1) is 7.99. The highest BCUT2D eigenvalue weighted by atomic mass is 16.4. The first kappa shape index (κ1) is 11.9. The Morgan fingerprint density at radius 1 is 1.59 bits per heavy atom. The Balaban J connectivity index is 1.98. The summed E-state index contributed by atoms with van der Waals surface area (Å²) < 4.78 is 0. The van der Waals surface area contributed by atoms with E-state index >= 15 is 0 Å². The quantitative estimate of drug-likeness (QED) is 0.719. The highest BCUT2D eigenvalue weighted by Gasteiger charge is 2.39. The molecule has 1 aromatic rings. The lowest BCUT2D eigenvalue weighted by Gasteiger charge is -2.23. The molecule has 1 aromatic heterocycles. The Morgan fingerprint density at radius 3 is 2.88 bits per heavy atom. The van der Waals surface area contributed by atoms with Crippen LogP contribution in [0, 0.1) is 5.92 Å². The summed E-state index contributed by atoms with van der Waals surface area (Å²) in [5.74, 6) is -0.230. The molecule has 0 amide bonds. The molecule has 0 aromatic carbocycles. The van der Waals surface area contributed by atoms with Crippen LogP contribution in [0.3, 0.4) is 0 Å². The second-order valence-corrected chi connectivity index (χ2v) is 4.70. The molecule has 1 atom stereocenters. The number of carbonyl (C=O) groups is 1. The molecule has 0 spiro atoms. The summed E-state index contributed by atoms with van der Waals surface area (Å²) in [4.78, 5) is 14.7. The fourth-order valence-electron chi connectivity index (χ4n) is 1.77. The minimum Gasteiger partial charge on any atom is -0.477 e. The zero-order valence-corrected chi connectivity index (χ0v) is 9.68. The van der Waals surface area contributed by atoms with Gasteiger partial charge in [-0.15, -0.1) is 0 Å². The van der Waals surface area contributed by atoms with Crippen molar-refractivity contribution in [1.82, 2.24) is 4.98 Å². The smallest absolute Gasteiger partial charge is 0.354 e. The van der Waals surface area contributed by atoms with Gasteiger partial charge in [-0.1, -0.05) is 6.07 Å². The molecule has 5 heteroatoms. The summed E-state index contributed by atoms with van der Waals surface area (Å²) in [5.41, 5.74) is -0.748. The van der Waals surface area contributed by atoms with Gasteiger partial charge in [0.2, 0.25) is 0 Å². The zero-order valence-electron chi connectivity index (χ0n) is 9.68. The number of aromatic carboxylic acids is 1. The fraction of sp³-hybridized carbons (Fsp3) is 0.500. The molecule has 1 saturated carbocycles. The van der Waals surface area contributed by atoms with Gasteiger partial charge in [-0.3, -0.25) is 0 Å². The van der Waals surface area contributed by atoms with Crippen molar-refractivity contribution in [2.24, 2.45) is 5.92 Å². The van der Waals surface area contributed by atoms with Crippen LogP contribution in [0.5, 0.6) is 0 Å². The Hall–Kier alpha value is -1.62. The molecule has 1 aliphatic carbocycles. The molecule has 2 rings (SSSR count). The Morgan fingerprint density at radius 2 is 2.29 bits per heavy atom. The van der Waals surface area contributed by atoms with Crippen molar-refractivity contribution in [3.8, 4) is 0 Å². The fourth-order valence-corrected chi connectivity index (χ4v) is 1.77. The van der Waals surface area contributed by atoms with Crippen LogP contribution in [0.4, 0.5) is 5.82 Å². The van der Waals surface area contributed by atoms with Crippen LogP contribution in [0.1, 0.15) is 30.3 Å². The van der Waals surface area contributed by atoms with Gasteiger partial charge < -0.3 is 15.5 Å². The van der Waals surface area contributed by atoms with Crippen LogP contribution < -0.4 is 5.32 Å². The van der Waals surface area contributed by atoms with Crippen LogP contribution >= 0.6 is 0 Å². The van der Waals surface area contributed by atoms with Crippen molar-refractivity contribution in [3.63, 3.8) is 0 Å². The number of rotatable bonds is 5. The summed E-state index contributed by atoms with van der Waals surface area (Å²) in [6, 6.07) is 4.76. The van der Waals surface area contributed by atoms with Crippen molar-refractivity contribution in [1.29, 1.82) is 0 Å². The molecule has 1 aliphatic rings. The van der Waals surface area contributed by atoms with Gasteiger partial charge in [0.25, 0.3) is 0 Å². The standard InChI is InChI=1S/C12H16N2O3/c1-12(17,8-5-6-8)7-13-10-4-2-3-9(14-10)11(15)16/h2-4,8,17H,5-7H2,1H3,(H,13,14)(H,15,16). The molecule has 0 bridgehead atoms. The lowest BCUT2D eigenvalue weighted by atomic mass is 10.0. The Kier molecular flexibility index (Phi) is 3.02. The molecule has 0 aliphatic heterocycles. The van der Waals surface area contributed by atoms with Gasteiger partial charge in [0, 0.05) is 6.54 Å². The maximum atomic E-state index is 10.7. The summed E-state index contributed by atoms with van der Waals surface area (Å²) >= 11 is 0. The van der Waals surface area contributed by atoms with Gasteiger partial charge in [0.15, 0.2) is 5.69 Å². The third kappa shape index (κ3) is 2.94. The lowest BCUT2D eigenvalue weighted by Crippen LogP contribution is -2.35. The summed E-state index contributed by atoms with van der Waals surface area (Å²) in [6.07, 6.45) is 2.11. The predicted molar refractivity (Wildman–Crippen MR) is 63.0 cm³/mol. The lowest BCUT2D eigenvalue weighted by molar-refractivity contribution is 0.0502. The third-order valence-electron chi connectivity index (χ3n) is 3.05. The molecule has 0 saturated heterocycles. The molecule has 1 unspecified atom stereocenters. The topological polar surface area (TPSA) is 82.5 Å². The number of hydrogen-bond acceptors (Lipinski definition) is 4. The number of aromatic nitrogens is 1. The van der Waals surface area contributed by atoms with E-state index in [1.807, 2.05) is 0 Å². The molecule has 1 heterocycles. The Labute approximate surface area is 99.5 Å². The van der Waals surface area contributed by atoms with E-state index in [1.165, 1.54) is 6.07 Å². The van der Waals surface area contributed by atoms with E-state index in [0.717, 1.165) is 12.8 Å². The molecule has 3 N–H and O–H groups in total. The number of anilines is 1. The number of aliphatic hydroxyl groups is 1. The van der Waals surface area contributed by atoms with Gasteiger partial charge in [0.05, 0.1) is 5.60 Å². The highest BCUT2D eigenvalue weighted by molar-refractivity contribution is 5.85. The summed E-state index contributed by atoms with van der Waals surface area (Å²) in [5, 5.41) is 21.9. The first-order valence-corrected chi connectivity index (χ1v) is 5.65. The molecule has 92 valence electrons. The number of pyridine rings is 1. The number of nitrogens with zero attached hydrogens (tertiary/aromatic N) is 1. The second kappa shape index (κ2) is 4.33.